The third-order valence-corrected chi connectivity index (χ3v) is 3.25. The molecular formula is C15H21N3O. The molecule has 1 unspecified atom stereocenters. The van der Waals surface area contributed by atoms with Crippen LogP contribution < -0.4 is 5.32 Å². The van der Waals surface area contributed by atoms with E-state index in [0.717, 1.165) is 24.4 Å². The SMILES string of the molecule is CCNC(COC)Cc1nnc(C)c2ccccc12. The van der Waals surface area contributed by atoms with Crippen LogP contribution in [0.2, 0.25) is 0 Å². The summed E-state index contributed by atoms with van der Waals surface area (Å²) in [6.45, 7) is 5.70. The Kier molecular flexibility index (Phi) is 4.82. The van der Waals surface area contributed by atoms with Gasteiger partial charge in [0.2, 0.25) is 0 Å². The number of rotatable bonds is 6. The molecule has 0 saturated carbocycles. The first-order chi connectivity index (χ1) is 9.26. The Hall–Kier alpha value is -1.52. The molecule has 1 aromatic heterocycles. The normalized spacial score (nSPS) is 12.8. The lowest BCUT2D eigenvalue weighted by molar-refractivity contribution is 0.166. The number of hydrogen-bond acceptors (Lipinski definition) is 4. The van der Waals surface area contributed by atoms with Crippen LogP contribution in [-0.2, 0) is 11.2 Å². The second-order valence-corrected chi connectivity index (χ2v) is 4.69. The van der Waals surface area contributed by atoms with E-state index < -0.39 is 0 Å². The van der Waals surface area contributed by atoms with Crippen molar-refractivity contribution in [2.24, 2.45) is 0 Å². The highest BCUT2D eigenvalue weighted by Gasteiger charge is 2.13. The maximum absolute atomic E-state index is 5.25. The maximum atomic E-state index is 5.25. The Morgan fingerprint density at radius 1 is 1.21 bits per heavy atom. The fraction of sp³-hybridized carbons (Fsp3) is 0.467. The molecule has 4 nitrogen and oxygen atoms in total. The lowest BCUT2D eigenvalue weighted by Gasteiger charge is -2.17. The van der Waals surface area contributed by atoms with Crippen LogP contribution in [0.4, 0.5) is 0 Å². The number of aromatic nitrogens is 2. The monoisotopic (exact) mass is 259 g/mol. The minimum atomic E-state index is 0.274. The number of hydrogen-bond donors (Lipinski definition) is 1. The zero-order valence-electron chi connectivity index (χ0n) is 11.8. The Morgan fingerprint density at radius 2 is 1.95 bits per heavy atom. The summed E-state index contributed by atoms with van der Waals surface area (Å²) in [7, 11) is 1.73. The number of nitrogens with zero attached hydrogens (tertiary/aromatic N) is 2. The third-order valence-electron chi connectivity index (χ3n) is 3.25. The van der Waals surface area contributed by atoms with Gasteiger partial charge in [-0.15, -0.1) is 0 Å². The number of ether oxygens (including phenoxy) is 1. The highest BCUT2D eigenvalue weighted by Crippen LogP contribution is 2.19. The predicted octanol–water partition coefficient (Wildman–Crippen LogP) is 2.11. The smallest absolute Gasteiger partial charge is 0.0725 e. The maximum Gasteiger partial charge on any atom is 0.0725 e. The Labute approximate surface area is 114 Å². The zero-order valence-corrected chi connectivity index (χ0v) is 11.8. The summed E-state index contributed by atoms with van der Waals surface area (Å²) < 4.78 is 5.25. The van der Waals surface area contributed by atoms with Crippen LogP contribution in [-0.4, -0.2) is 36.5 Å². The van der Waals surface area contributed by atoms with Crippen molar-refractivity contribution in [3.05, 3.63) is 35.7 Å². The standard InChI is InChI=1S/C15H21N3O/c1-4-16-12(10-19-3)9-15-14-8-6-5-7-13(14)11(2)17-18-15/h5-8,12,16H,4,9-10H2,1-3H3. The number of benzene rings is 1. The minimum Gasteiger partial charge on any atom is -0.383 e. The van der Waals surface area contributed by atoms with Crippen molar-refractivity contribution >= 4 is 10.8 Å². The Balaban J connectivity index is 2.31. The molecule has 4 heteroatoms. The summed E-state index contributed by atoms with van der Waals surface area (Å²) in [5.41, 5.74) is 2.01. The lowest BCUT2D eigenvalue weighted by Crippen LogP contribution is -2.35. The Bertz CT molecular complexity index is 536. The molecule has 0 saturated heterocycles. The molecule has 19 heavy (non-hydrogen) atoms. The highest BCUT2D eigenvalue weighted by atomic mass is 16.5. The molecule has 2 rings (SSSR count). The molecule has 1 atom stereocenters. The molecule has 2 aromatic rings. The first-order valence-corrected chi connectivity index (χ1v) is 6.69. The van der Waals surface area contributed by atoms with Gasteiger partial charge in [-0.05, 0) is 13.5 Å². The van der Waals surface area contributed by atoms with Crippen LogP contribution in [0, 0.1) is 6.92 Å². The molecule has 1 aromatic carbocycles. The van der Waals surface area contributed by atoms with Gasteiger partial charge in [-0.2, -0.15) is 10.2 Å². The molecule has 102 valence electrons. The summed E-state index contributed by atoms with van der Waals surface area (Å²) in [5.74, 6) is 0. The van der Waals surface area contributed by atoms with Gasteiger partial charge >= 0.3 is 0 Å². The van der Waals surface area contributed by atoms with E-state index in [9.17, 15) is 0 Å². The van der Waals surface area contributed by atoms with E-state index >= 15 is 0 Å². The molecule has 0 aliphatic rings. The molecule has 0 spiro atoms. The fourth-order valence-electron chi connectivity index (χ4n) is 2.36. The zero-order chi connectivity index (χ0) is 13.7. The molecular weight excluding hydrogens is 238 g/mol. The van der Waals surface area contributed by atoms with Gasteiger partial charge in [0, 0.05) is 30.3 Å². The summed E-state index contributed by atoms with van der Waals surface area (Å²) in [6, 6.07) is 8.57. The molecule has 0 radical (unpaired) electrons. The molecule has 0 aliphatic carbocycles. The van der Waals surface area contributed by atoms with Gasteiger partial charge in [0.05, 0.1) is 18.0 Å². The third kappa shape index (κ3) is 3.28. The summed E-state index contributed by atoms with van der Waals surface area (Å²) in [4.78, 5) is 0. The van der Waals surface area contributed by atoms with E-state index in [0.29, 0.717) is 6.61 Å². The number of nitrogens with one attached hydrogen (secondary N) is 1. The van der Waals surface area contributed by atoms with Crippen LogP contribution in [0.5, 0.6) is 0 Å². The summed E-state index contributed by atoms with van der Waals surface area (Å²) >= 11 is 0. The molecule has 1 N–H and O–H groups in total. The average molecular weight is 259 g/mol. The van der Waals surface area contributed by atoms with E-state index in [1.807, 2.05) is 19.1 Å². The van der Waals surface area contributed by atoms with E-state index in [1.54, 1.807) is 7.11 Å². The van der Waals surface area contributed by atoms with Gasteiger partial charge in [-0.25, -0.2) is 0 Å². The number of aryl methyl sites for hydroxylation is 1. The fourth-order valence-corrected chi connectivity index (χ4v) is 2.36. The summed E-state index contributed by atoms with van der Waals surface area (Å²) in [5, 5.41) is 14.4. The molecule has 0 bridgehead atoms. The largest absolute Gasteiger partial charge is 0.383 e. The van der Waals surface area contributed by atoms with Crippen molar-refractivity contribution in [3.63, 3.8) is 0 Å². The summed E-state index contributed by atoms with van der Waals surface area (Å²) in [6.07, 6.45) is 0.829. The van der Waals surface area contributed by atoms with Gasteiger partial charge in [-0.1, -0.05) is 31.2 Å². The first-order valence-electron chi connectivity index (χ1n) is 6.69. The second-order valence-electron chi connectivity index (χ2n) is 4.69. The van der Waals surface area contributed by atoms with Crippen molar-refractivity contribution in [2.75, 3.05) is 20.3 Å². The van der Waals surface area contributed by atoms with E-state index in [4.69, 9.17) is 4.74 Å². The van der Waals surface area contributed by atoms with Crippen LogP contribution >= 0.6 is 0 Å². The van der Waals surface area contributed by atoms with Crippen molar-refractivity contribution in [3.8, 4) is 0 Å². The van der Waals surface area contributed by atoms with Gasteiger partial charge < -0.3 is 10.1 Å². The van der Waals surface area contributed by atoms with Gasteiger partial charge in [-0.3, -0.25) is 0 Å². The molecule has 1 heterocycles. The van der Waals surface area contributed by atoms with E-state index in [2.05, 4.69) is 34.6 Å². The van der Waals surface area contributed by atoms with E-state index in [-0.39, 0.29) is 6.04 Å². The van der Waals surface area contributed by atoms with Crippen LogP contribution in [0.1, 0.15) is 18.3 Å². The first kappa shape index (κ1) is 13.9. The second kappa shape index (κ2) is 6.59. The molecule has 0 amide bonds. The quantitative estimate of drug-likeness (QED) is 0.863. The van der Waals surface area contributed by atoms with Crippen LogP contribution in [0.25, 0.3) is 10.8 Å². The van der Waals surface area contributed by atoms with Crippen molar-refractivity contribution in [2.45, 2.75) is 26.3 Å². The van der Waals surface area contributed by atoms with Crippen molar-refractivity contribution in [1.29, 1.82) is 0 Å². The number of fused-ring (bicyclic) bond motifs is 1. The van der Waals surface area contributed by atoms with E-state index in [1.165, 1.54) is 10.8 Å². The van der Waals surface area contributed by atoms with Crippen molar-refractivity contribution < 1.29 is 4.74 Å². The van der Waals surface area contributed by atoms with Crippen LogP contribution in [0.3, 0.4) is 0 Å². The molecule has 0 fully saturated rings. The van der Waals surface area contributed by atoms with Gasteiger partial charge in [0.15, 0.2) is 0 Å². The van der Waals surface area contributed by atoms with Crippen LogP contribution in [0.15, 0.2) is 24.3 Å². The lowest BCUT2D eigenvalue weighted by atomic mass is 10.0. The van der Waals surface area contributed by atoms with Gasteiger partial charge in [0.1, 0.15) is 0 Å². The van der Waals surface area contributed by atoms with Crippen molar-refractivity contribution in [1.82, 2.24) is 15.5 Å². The Morgan fingerprint density at radius 3 is 2.63 bits per heavy atom. The number of likely N-dealkylation sites (N-methyl/N-ethyl adjacent to an activating group) is 1. The average Bonchev–Trinajstić information content (AvgIpc) is 2.43. The number of methoxy groups -OCH3 is 1. The predicted molar refractivity (Wildman–Crippen MR) is 77.3 cm³/mol. The minimum absolute atomic E-state index is 0.274. The molecule has 0 aliphatic heterocycles. The highest BCUT2D eigenvalue weighted by molar-refractivity contribution is 5.86. The topological polar surface area (TPSA) is 47.0 Å². The van der Waals surface area contributed by atoms with Gasteiger partial charge in [0.25, 0.3) is 0 Å².